The second kappa shape index (κ2) is 19.0. The molecular formula is C48H66N6O9S. The van der Waals surface area contributed by atoms with Gasteiger partial charge in [0.2, 0.25) is 27.7 Å². The normalized spacial score (nSPS) is 29.5. The van der Waals surface area contributed by atoms with Crippen LogP contribution < -0.4 is 24.8 Å². The third-order valence-corrected chi connectivity index (χ3v) is 16.1. The van der Waals surface area contributed by atoms with Gasteiger partial charge in [0, 0.05) is 24.3 Å². The number of allylic oxidation sites excluding steroid dienone is 2. The van der Waals surface area contributed by atoms with Gasteiger partial charge in [-0.1, -0.05) is 57.6 Å². The number of rotatable bonds is 10. The Labute approximate surface area is 377 Å². The molecule has 2 bridgehead atoms. The van der Waals surface area contributed by atoms with Gasteiger partial charge in [-0.2, -0.15) is 0 Å². The number of aromatic nitrogens is 1. The van der Waals surface area contributed by atoms with E-state index >= 15 is 4.79 Å². The molecule has 2 aromatic rings. The summed E-state index contributed by atoms with van der Waals surface area (Å²) in [4.78, 5) is 66.4. The molecule has 3 aliphatic heterocycles. The number of likely N-dealkylation sites (tertiary alicyclic amines) is 1. The summed E-state index contributed by atoms with van der Waals surface area (Å²) < 4.78 is 47.9. The van der Waals surface area contributed by atoms with Crippen molar-refractivity contribution in [3.05, 3.63) is 54.6 Å². The predicted molar refractivity (Wildman–Crippen MR) is 242 cm³/mol. The van der Waals surface area contributed by atoms with Crippen LogP contribution in [0.25, 0.3) is 10.9 Å². The quantitative estimate of drug-likeness (QED) is 0.248. The van der Waals surface area contributed by atoms with Gasteiger partial charge in [-0.3, -0.25) is 24.0 Å². The lowest BCUT2D eigenvalue weighted by molar-refractivity contribution is -0.145. The molecule has 0 radical (unpaired) electrons. The number of ether oxygens (including phenoxy) is 3. The minimum Gasteiger partial charge on any atom is -0.491 e. The van der Waals surface area contributed by atoms with E-state index in [4.69, 9.17) is 19.2 Å². The largest absolute Gasteiger partial charge is 0.491 e. The zero-order valence-electron chi connectivity index (χ0n) is 37.6. The van der Waals surface area contributed by atoms with Crippen molar-refractivity contribution < 1.29 is 41.8 Å². The van der Waals surface area contributed by atoms with Crippen molar-refractivity contribution in [3.8, 4) is 11.6 Å². The van der Waals surface area contributed by atoms with E-state index in [-0.39, 0.29) is 31.4 Å². The van der Waals surface area contributed by atoms with Crippen LogP contribution in [0.5, 0.6) is 11.6 Å². The molecule has 64 heavy (non-hydrogen) atoms. The Morgan fingerprint density at radius 2 is 1.80 bits per heavy atom. The Morgan fingerprint density at radius 1 is 1.02 bits per heavy atom. The first-order valence-electron chi connectivity index (χ1n) is 23.5. The molecule has 4 amide bonds. The number of pyridine rings is 1. The van der Waals surface area contributed by atoms with Crippen molar-refractivity contribution in [2.24, 2.45) is 17.3 Å². The van der Waals surface area contributed by atoms with Crippen molar-refractivity contribution in [2.45, 2.75) is 146 Å². The first-order chi connectivity index (χ1) is 30.7. The summed E-state index contributed by atoms with van der Waals surface area (Å²) in [6, 6.07) is 5.53. The number of piperidine rings is 1. The van der Waals surface area contributed by atoms with Crippen LogP contribution in [0.2, 0.25) is 0 Å². The van der Waals surface area contributed by atoms with Crippen LogP contribution in [0.1, 0.15) is 110 Å². The number of alkyl carbamates (subject to hydrolysis) is 1. The number of hydrogen-bond acceptors (Lipinski definition) is 11. The highest BCUT2D eigenvalue weighted by atomic mass is 32.2. The molecule has 5 fully saturated rings. The average molecular weight is 903 g/mol. The maximum Gasteiger partial charge on any atom is 0.408 e. The summed E-state index contributed by atoms with van der Waals surface area (Å²) >= 11 is 0. The number of fused-ring (bicyclic) bond motifs is 5. The Morgan fingerprint density at radius 3 is 2.52 bits per heavy atom. The topological polar surface area (TPSA) is 186 Å². The molecule has 4 heterocycles. The van der Waals surface area contributed by atoms with Crippen LogP contribution in [0.4, 0.5) is 4.79 Å². The smallest absolute Gasteiger partial charge is 0.408 e. The van der Waals surface area contributed by atoms with Gasteiger partial charge in [0.15, 0.2) is 0 Å². The molecule has 348 valence electrons. The maximum absolute atomic E-state index is 15.0. The molecule has 1 aromatic heterocycles. The van der Waals surface area contributed by atoms with Crippen LogP contribution >= 0.6 is 0 Å². The molecule has 1 aromatic carbocycles. The van der Waals surface area contributed by atoms with Crippen molar-refractivity contribution in [3.63, 3.8) is 0 Å². The number of carbonyl (C=O) groups excluding carboxylic acids is 4. The molecule has 6 aliphatic rings. The summed E-state index contributed by atoms with van der Waals surface area (Å²) in [5.74, 6) is -1.34. The van der Waals surface area contributed by atoms with Crippen LogP contribution in [0.15, 0.2) is 49.1 Å². The molecule has 0 spiro atoms. The lowest BCUT2D eigenvalue weighted by Crippen LogP contribution is -2.70. The highest BCUT2D eigenvalue weighted by Gasteiger charge is 2.56. The number of carbonyl (C=O) groups is 4. The van der Waals surface area contributed by atoms with Crippen LogP contribution in [0.3, 0.4) is 0 Å². The molecule has 3 N–H and O–H groups in total. The van der Waals surface area contributed by atoms with Gasteiger partial charge >= 0.3 is 6.09 Å². The second-order valence-electron chi connectivity index (χ2n) is 19.8. The third kappa shape index (κ3) is 9.92. The highest BCUT2D eigenvalue weighted by Crippen LogP contribution is 2.42. The van der Waals surface area contributed by atoms with Gasteiger partial charge in [-0.05, 0) is 114 Å². The lowest BCUT2D eigenvalue weighted by Gasteiger charge is -2.47. The molecule has 2 saturated heterocycles. The zero-order valence-corrected chi connectivity index (χ0v) is 38.5. The fourth-order valence-corrected chi connectivity index (χ4v) is 11.6. The van der Waals surface area contributed by atoms with E-state index in [9.17, 15) is 22.8 Å². The lowest BCUT2D eigenvalue weighted by atomic mass is 9.66. The van der Waals surface area contributed by atoms with Crippen molar-refractivity contribution in [1.29, 1.82) is 0 Å². The number of benzene rings is 1. The number of amides is 4. The summed E-state index contributed by atoms with van der Waals surface area (Å²) in [5, 5.41) is 6.02. The minimum absolute atomic E-state index is 0.0222. The average Bonchev–Trinajstić information content (AvgIpc) is 3.91. The Hall–Kier alpha value is -4.70. The molecule has 8 rings (SSSR count). The number of sulfonamides is 1. The number of hydrogen-bond donors (Lipinski definition) is 3. The van der Waals surface area contributed by atoms with Crippen molar-refractivity contribution >= 4 is 44.7 Å². The maximum atomic E-state index is 15.0. The Bertz CT molecular complexity index is 2230. The Kier molecular flexibility index (Phi) is 13.6. The van der Waals surface area contributed by atoms with Gasteiger partial charge in [0.1, 0.15) is 42.2 Å². The molecule has 16 heteroatoms. The fourth-order valence-electron chi connectivity index (χ4n) is 10.3. The summed E-state index contributed by atoms with van der Waals surface area (Å²) in [6.45, 7) is 12.7. The molecule has 15 nitrogen and oxygen atoms in total. The minimum atomic E-state index is -3.94. The van der Waals surface area contributed by atoms with Gasteiger partial charge in [-0.25, -0.2) is 18.2 Å². The van der Waals surface area contributed by atoms with Gasteiger partial charge in [-0.15, -0.1) is 6.58 Å². The number of nitrogens with zero attached hydrogens (tertiary/aromatic N) is 3. The van der Waals surface area contributed by atoms with Crippen LogP contribution in [0, 0.1) is 17.3 Å². The van der Waals surface area contributed by atoms with Crippen molar-refractivity contribution in [1.82, 2.24) is 30.1 Å². The van der Waals surface area contributed by atoms with Crippen LogP contribution in [-0.2, 0) is 35.6 Å². The molecule has 7 unspecified atom stereocenters. The molecule has 3 aliphatic carbocycles. The van der Waals surface area contributed by atoms with Gasteiger partial charge in [0.05, 0.1) is 22.9 Å². The van der Waals surface area contributed by atoms with E-state index in [1.807, 2.05) is 45.0 Å². The number of nitrogens with one attached hydrogen (secondary N) is 3. The summed E-state index contributed by atoms with van der Waals surface area (Å²) in [6.07, 6.45) is 14.0. The zero-order chi connectivity index (χ0) is 45.2. The van der Waals surface area contributed by atoms with E-state index < -0.39 is 74.1 Å². The Balaban J connectivity index is 1.16. The van der Waals surface area contributed by atoms with Gasteiger partial charge in [0.25, 0.3) is 5.91 Å². The van der Waals surface area contributed by atoms with Crippen LogP contribution in [-0.4, -0.2) is 115 Å². The first-order valence-corrected chi connectivity index (χ1v) is 25.1. The van der Waals surface area contributed by atoms with E-state index in [1.54, 1.807) is 6.08 Å². The predicted octanol–water partition coefficient (Wildman–Crippen LogP) is 5.71. The van der Waals surface area contributed by atoms with E-state index in [0.29, 0.717) is 49.4 Å². The number of para-hydroxylation sites is 1. The molecular weight excluding hydrogens is 837 g/mol. The van der Waals surface area contributed by atoms with E-state index in [0.717, 1.165) is 62.7 Å². The third-order valence-electron chi connectivity index (χ3n) is 14.3. The standard InChI is InChI=1S/C48H66N6O9S/c1-5-32-23-24-48(32,45(57)52-64(59,60)34-21-22-34)51-42(55)38-29-33-30-54(38)44(56)41(47(2,3)4)50-46(58)63-39-20-14-16-31(39)15-8-6-9-18-36-40(61-28-27-53-25-12-7-13-26-53)35-17-10-11-19-37(35)49-43(36)62-33/h5-6,9-11,17,19,31-34,38-39,41H,1,7-8,12-16,18,20-30H2,2-4H3,(H,50,58)(H,51,55)(H,52,57). The summed E-state index contributed by atoms with van der Waals surface area (Å²) in [7, 11) is -3.94. The van der Waals surface area contributed by atoms with Crippen molar-refractivity contribution in [2.75, 3.05) is 32.8 Å². The highest BCUT2D eigenvalue weighted by molar-refractivity contribution is 7.91. The van der Waals surface area contributed by atoms with E-state index in [2.05, 4.69) is 39.0 Å². The van der Waals surface area contributed by atoms with E-state index in [1.165, 1.54) is 24.2 Å². The van der Waals surface area contributed by atoms with Gasteiger partial charge < -0.3 is 29.7 Å². The first kappa shape index (κ1) is 45.9. The fraction of sp³-hybridized carbons (Fsp3) is 0.646. The second-order valence-corrected chi connectivity index (χ2v) is 21.8. The molecule has 7 atom stereocenters. The monoisotopic (exact) mass is 902 g/mol. The SMILES string of the molecule is C=CC1CCC1(NC(=O)C1CC2CN1C(=O)C(C(C)(C)C)NC(=O)OC1CCCC1CCC=CCc1c(nc3ccccc3c1OCCN1CCCCC1)O2)C(=O)NS(=O)(=O)C1CC1. The summed E-state index contributed by atoms with van der Waals surface area (Å²) in [5.41, 5.74) is -0.968. The molecule has 3 saturated carbocycles.